The van der Waals surface area contributed by atoms with Crippen LogP contribution in [0, 0.1) is 11.3 Å². The van der Waals surface area contributed by atoms with Crippen LogP contribution in [0.1, 0.15) is 37.4 Å². The molecule has 1 saturated carbocycles. The van der Waals surface area contributed by atoms with Gasteiger partial charge < -0.3 is 15.5 Å². The average molecular weight is 583 g/mol. The molecule has 1 saturated heterocycles. The molecule has 4 heterocycles. The van der Waals surface area contributed by atoms with Gasteiger partial charge in [-0.15, -0.1) is 0 Å². The Bertz CT molecular complexity index is 1540. The van der Waals surface area contributed by atoms with Crippen LogP contribution in [0.2, 0.25) is 5.15 Å². The van der Waals surface area contributed by atoms with Crippen LogP contribution in [-0.2, 0) is 15.0 Å². The molecular formula is C26H24ClF5N6O2. The Kier molecular flexibility index (Phi) is 5.69. The molecule has 1 aliphatic carbocycles. The number of amides is 2. The lowest BCUT2D eigenvalue weighted by atomic mass is 9.87. The first kappa shape index (κ1) is 26.7. The van der Waals surface area contributed by atoms with E-state index in [1.165, 1.54) is 48.4 Å². The molecule has 1 aromatic carbocycles. The van der Waals surface area contributed by atoms with Crippen molar-refractivity contribution < 1.29 is 31.5 Å². The monoisotopic (exact) mass is 582 g/mol. The predicted molar refractivity (Wildman–Crippen MR) is 135 cm³/mol. The summed E-state index contributed by atoms with van der Waals surface area (Å²) in [6.07, 6.45) is -3.10. The van der Waals surface area contributed by atoms with Crippen LogP contribution in [0.4, 0.5) is 33.3 Å². The molecule has 0 radical (unpaired) electrons. The molecule has 1 unspecified atom stereocenters. The third kappa shape index (κ3) is 3.69. The van der Waals surface area contributed by atoms with Crippen molar-refractivity contribution in [1.29, 1.82) is 0 Å². The fraction of sp³-hybridized carbons (Fsp3) is 0.462. The van der Waals surface area contributed by atoms with Gasteiger partial charge in [0.2, 0.25) is 11.8 Å². The van der Waals surface area contributed by atoms with E-state index in [0.717, 1.165) is 11.4 Å². The van der Waals surface area contributed by atoms with E-state index in [9.17, 15) is 22.8 Å². The minimum absolute atomic E-state index is 0.000859. The fourth-order valence-electron chi connectivity index (χ4n) is 5.97. The second-order valence-electron chi connectivity index (χ2n) is 11.1. The molecule has 0 spiro atoms. The number of nitrogens with one attached hydrogen (secondary N) is 2. The van der Waals surface area contributed by atoms with Gasteiger partial charge in [0.15, 0.2) is 10.8 Å². The third-order valence-electron chi connectivity index (χ3n) is 8.52. The zero-order chi connectivity index (χ0) is 28.8. The van der Waals surface area contributed by atoms with Crippen molar-refractivity contribution in [2.24, 2.45) is 11.3 Å². The summed E-state index contributed by atoms with van der Waals surface area (Å²) in [5.41, 5.74) is -3.58. The summed E-state index contributed by atoms with van der Waals surface area (Å²) in [5.74, 6) is -5.86. The Hall–Kier alpha value is -3.48. The van der Waals surface area contributed by atoms with Crippen molar-refractivity contribution in [1.82, 2.24) is 25.2 Å². The Balaban J connectivity index is 1.27. The number of nitrogens with zero attached hydrogens (tertiary/aromatic N) is 4. The number of halogens is 6. The standard InChI is InChI=1S/C26H24ClF5N6O2/c1-23(26(30,31)32)12-37(16-11-33-18-8-17(27)36-38(18)21(16)23)15-5-3-14(4-6-15)20-24(2,25(20,28)29)22(40)35-10-13-7-19(39)34-9-13/h3-6,8,11,13,20H,7,9-10,12H2,1-2H3,(H,34,39)(H,35,40)/t13?,20-,23-,24+/m1/s1. The summed E-state index contributed by atoms with van der Waals surface area (Å²) in [6.45, 7) is 2.25. The van der Waals surface area contributed by atoms with Crippen molar-refractivity contribution in [3.63, 3.8) is 0 Å². The van der Waals surface area contributed by atoms with Crippen LogP contribution in [0.3, 0.4) is 0 Å². The quantitative estimate of drug-likeness (QED) is 0.437. The lowest BCUT2D eigenvalue weighted by Crippen LogP contribution is -2.43. The smallest absolute Gasteiger partial charge is 0.356 e. The molecule has 8 nitrogen and oxygen atoms in total. The Morgan fingerprint density at radius 2 is 1.93 bits per heavy atom. The maximum Gasteiger partial charge on any atom is 0.401 e. The molecule has 2 N–H and O–H groups in total. The van der Waals surface area contributed by atoms with E-state index in [1.54, 1.807) is 0 Å². The van der Waals surface area contributed by atoms with Crippen molar-refractivity contribution in [2.75, 3.05) is 24.5 Å². The second kappa shape index (κ2) is 8.51. The predicted octanol–water partition coefficient (Wildman–Crippen LogP) is 4.35. The lowest BCUT2D eigenvalue weighted by molar-refractivity contribution is -0.181. The van der Waals surface area contributed by atoms with Gasteiger partial charge in [-0.05, 0) is 31.5 Å². The van der Waals surface area contributed by atoms with Crippen LogP contribution in [0.25, 0.3) is 5.65 Å². The van der Waals surface area contributed by atoms with Crippen LogP contribution in [0.5, 0.6) is 0 Å². The highest BCUT2D eigenvalue weighted by Gasteiger charge is 2.82. The van der Waals surface area contributed by atoms with Gasteiger partial charge in [-0.3, -0.25) is 9.59 Å². The van der Waals surface area contributed by atoms with Gasteiger partial charge in [0.25, 0.3) is 5.92 Å². The zero-order valence-corrected chi connectivity index (χ0v) is 22.1. The first-order valence-corrected chi connectivity index (χ1v) is 13.0. The van der Waals surface area contributed by atoms with Gasteiger partial charge in [0.1, 0.15) is 10.8 Å². The number of hydrogen-bond donors (Lipinski definition) is 2. The second-order valence-corrected chi connectivity index (χ2v) is 11.5. The average Bonchev–Trinajstić information content (AvgIpc) is 3.36. The number of aromatic nitrogens is 3. The number of rotatable bonds is 5. The van der Waals surface area contributed by atoms with Crippen molar-refractivity contribution in [3.05, 3.63) is 52.9 Å². The van der Waals surface area contributed by atoms with Crippen molar-refractivity contribution in [3.8, 4) is 0 Å². The fourth-order valence-corrected chi connectivity index (χ4v) is 6.15. The topological polar surface area (TPSA) is 91.6 Å². The number of anilines is 2. The van der Waals surface area contributed by atoms with Gasteiger partial charge in [0.05, 0.1) is 23.5 Å². The van der Waals surface area contributed by atoms with Crippen molar-refractivity contribution >= 4 is 40.4 Å². The van der Waals surface area contributed by atoms with Gasteiger partial charge >= 0.3 is 6.18 Å². The number of carbonyl (C=O) groups is 2. The molecule has 6 rings (SSSR count). The minimum Gasteiger partial charge on any atom is -0.356 e. The number of fused-ring (bicyclic) bond motifs is 3. The summed E-state index contributed by atoms with van der Waals surface area (Å²) >= 11 is 5.95. The van der Waals surface area contributed by atoms with Crippen LogP contribution < -0.4 is 15.5 Å². The van der Waals surface area contributed by atoms with E-state index < -0.39 is 41.3 Å². The Labute approximate surface area is 229 Å². The summed E-state index contributed by atoms with van der Waals surface area (Å²) in [5, 5.41) is 9.21. The molecule has 0 bridgehead atoms. The van der Waals surface area contributed by atoms with Gasteiger partial charge in [0, 0.05) is 43.7 Å². The SMILES string of the molecule is C[C@@]1(C(F)(F)F)CN(c2ccc([C@H]3C(F)(F)[C@]3(C)C(=O)NCC3CNC(=O)C3)cc2)c2cnc3cc(Cl)nn3c21. The first-order chi connectivity index (χ1) is 18.7. The molecule has 3 aliphatic rings. The normalized spacial score (nSPS) is 29.0. The highest BCUT2D eigenvalue weighted by atomic mass is 35.5. The highest BCUT2D eigenvalue weighted by Crippen LogP contribution is 2.71. The summed E-state index contributed by atoms with van der Waals surface area (Å²) in [7, 11) is 0. The number of benzene rings is 1. The number of alkyl halides is 5. The lowest BCUT2D eigenvalue weighted by Gasteiger charge is -2.28. The minimum atomic E-state index is -4.64. The van der Waals surface area contributed by atoms with E-state index >= 15 is 8.78 Å². The third-order valence-corrected chi connectivity index (χ3v) is 8.70. The van der Waals surface area contributed by atoms with E-state index in [2.05, 4.69) is 20.7 Å². The van der Waals surface area contributed by atoms with E-state index in [1.807, 2.05) is 0 Å². The molecular weight excluding hydrogens is 559 g/mol. The maximum absolute atomic E-state index is 15.0. The summed E-state index contributed by atoms with van der Waals surface area (Å²) < 4.78 is 74.3. The molecule has 40 heavy (non-hydrogen) atoms. The zero-order valence-electron chi connectivity index (χ0n) is 21.3. The molecule has 212 valence electrons. The molecule has 2 fully saturated rings. The molecule has 4 atom stereocenters. The largest absolute Gasteiger partial charge is 0.401 e. The Morgan fingerprint density at radius 3 is 2.55 bits per heavy atom. The number of carbonyl (C=O) groups excluding carboxylic acids is 2. The van der Waals surface area contributed by atoms with Gasteiger partial charge in [-0.1, -0.05) is 23.7 Å². The van der Waals surface area contributed by atoms with Crippen LogP contribution in [-0.4, -0.2) is 58.1 Å². The van der Waals surface area contributed by atoms with E-state index in [-0.39, 0.29) is 52.5 Å². The molecule has 2 amide bonds. The molecule has 3 aromatic rings. The van der Waals surface area contributed by atoms with Gasteiger partial charge in [-0.25, -0.2) is 18.3 Å². The number of hydrogen-bond acceptors (Lipinski definition) is 5. The highest BCUT2D eigenvalue weighted by molar-refractivity contribution is 6.29. The molecule has 2 aliphatic heterocycles. The van der Waals surface area contributed by atoms with E-state index in [4.69, 9.17) is 11.6 Å². The molecule has 2 aromatic heterocycles. The maximum atomic E-state index is 15.0. The van der Waals surface area contributed by atoms with Crippen molar-refractivity contribution in [2.45, 2.75) is 43.7 Å². The van der Waals surface area contributed by atoms with Crippen LogP contribution in [0.15, 0.2) is 36.5 Å². The Morgan fingerprint density at radius 1 is 1.23 bits per heavy atom. The first-order valence-electron chi connectivity index (χ1n) is 12.6. The van der Waals surface area contributed by atoms with Gasteiger partial charge in [-0.2, -0.15) is 18.3 Å². The summed E-state index contributed by atoms with van der Waals surface area (Å²) in [4.78, 5) is 29.8. The molecule has 14 heteroatoms. The van der Waals surface area contributed by atoms with E-state index in [0.29, 0.717) is 12.2 Å². The summed E-state index contributed by atoms with van der Waals surface area (Å²) in [6, 6.07) is 7.11. The van der Waals surface area contributed by atoms with Crippen LogP contribution >= 0.6 is 11.6 Å².